The van der Waals surface area contributed by atoms with E-state index in [1.165, 1.54) is 11.2 Å². The molecule has 4 aromatic rings. The molecular weight excluding hydrogens is 496 g/mol. The number of aromatic carboxylic acids is 1. The fourth-order valence-corrected chi connectivity index (χ4v) is 4.96. The molecule has 0 radical (unpaired) electrons. The maximum absolute atomic E-state index is 12.2. The van der Waals surface area contributed by atoms with E-state index in [1.807, 2.05) is 75.6 Å². The summed E-state index contributed by atoms with van der Waals surface area (Å²) >= 11 is 0. The van der Waals surface area contributed by atoms with Gasteiger partial charge in [-0.05, 0) is 58.7 Å². The summed E-state index contributed by atoms with van der Waals surface area (Å²) in [5.41, 5.74) is 6.05. The van der Waals surface area contributed by atoms with E-state index in [0.29, 0.717) is 12.1 Å². The molecule has 200 valence electrons. The van der Waals surface area contributed by atoms with E-state index in [1.54, 1.807) is 16.2 Å². The first-order valence-electron chi connectivity index (χ1n) is 12.7. The standard InChI is InChI=1S/C29H30N6O4/c1-5-9-26-30-28-19(2)14-22(34(31(3)4)33-18-27(33)35(38)39)16-25(28)32(26)17-20-12-13-23(24(15-20)29(36)37)21-10-7-6-8-11-21/h6-8,10-16,18H,5,9,17H2,1-4H3,(H,36,37). The van der Waals surface area contributed by atoms with Crippen molar-refractivity contribution in [1.29, 1.82) is 0 Å². The average molecular weight is 527 g/mol. The van der Waals surface area contributed by atoms with Crippen molar-refractivity contribution < 1.29 is 14.8 Å². The molecule has 39 heavy (non-hydrogen) atoms. The van der Waals surface area contributed by atoms with Gasteiger partial charge in [0.15, 0.2) is 0 Å². The Bertz CT molecular complexity index is 1610. The molecule has 0 bridgehead atoms. The fourth-order valence-electron chi connectivity index (χ4n) is 4.96. The molecule has 2 heterocycles. The number of carboxylic acid groups (broad SMARTS) is 1. The number of aromatic nitrogens is 2. The molecule has 10 heteroatoms. The first kappa shape index (κ1) is 25.9. The van der Waals surface area contributed by atoms with Crippen LogP contribution in [-0.4, -0.2) is 49.7 Å². The van der Waals surface area contributed by atoms with Crippen LogP contribution < -0.4 is 5.12 Å². The molecule has 0 saturated heterocycles. The second kappa shape index (κ2) is 10.2. The molecule has 10 nitrogen and oxygen atoms in total. The normalized spacial score (nSPS) is 12.6. The van der Waals surface area contributed by atoms with Crippen LogP contribution >= 0.6 is 0 Å². The quantitative estimate of drug-likeness (QED) is 0.219. The zero-order valence-corrected chi connectivity index (χ0v) is 22.3. The van der Waals surface area contributed by atoms with Gasteiger partial charge in [0.25, 0.3) is 0 Å². The molecule has 0 spiro atoms. The number of nitrogens with zero attached hydrogens (tertiary/aromatic N) is 6. The summed E-state index contributed by atoms with van der Waals surface area (Å²) in [4.78, 5) is 28.1. The molecule has 1 N–H and O–H groups in total. The van der Waals surface area contributed by atoms with Gasteiger partial charge in [-0.1, -0.05) is 54.4 Å². The third kappa shape index (κ3) is 4.94. The van der Waals surface area contributed by atoms with E-state index in [9.17, 15) is 20.0 Å². The third-order valence-corrected chi connectivity index (χ3v) is 6.73. The number of hydrogen-bond acceptors (Lipinski definition) is 7. The van der Waals surface area contributed by atoms with Crippen LogP contribution in [0, 0.1) is 17.0 Å². The summed E-state index contributed by atoms with van der Waals surface area (Å²) in [6.07, 6.45) is 3.13. The van der Waals surface area contributed by atoms with Gasteiger partial charge in [0, 0.05) is 27.1 Å². The van der Waals surface area contributed by atoms with Crippen molar-refractivity contribution in [2.75, 3.05) is 19.2 Å². The van der Waals surface area contributed by atoms with Crippen molar-refractivity contribution in [3.05, 3.63) is 105 Å². The topological polar surface area (TPSA) is 108 Å². The zero-order valence-electron chi connectivity index (χ0n) is 22.3. The van der Waals surface area contributed by atoms with E-state index in [-0.39, 0.29) is 11.4 Å². The molecule has 1 aromatic heterocycles. The number of nitro groups is 1. The molecule has 0 fully saturated rings. The lowest BCUT2D eigenvalue weighted by atomic mass is 9.97. The number of imidazole rings is 1. The summed E-state index contributed by atoms with van der Waals surface area (Å²) in [5, 5.41) is 26.3. The van der Waals surface area contributed by atoms with Crippen LogP contribution in [0.5, 0.6) is 0 Å². The Labute approximate surface area is 226 Å². The van der Waals surface area contributed by atoms with Crippen molar-refractivity contribution >= 4 is 22.7 Å². The Morgan fingerprint density at radius 3 is 2.46 bits per heavy atom. The van der Waals surface area contributed by atoms with E-state index < -0.39 is 10.9 Å². The zero-order chi connectivity index (χ0) is 27.8. The fraction of sp³-hybridized carbons (Fsp3) is 0.241. The van der Waals surface area contributed by atoms with Crippen molar-refractivity contribution in [2.45, 2.75) is 33.2 Å². The Balaban J connectivity index is 1.59. The van der Waals surface area contributed by atoms with Gasteiger partial charge in [0.05, 0.1) is 22.3 Å². The SMILES string of the molecule is CCCc1nc2c(C)cc(N(N(C)C)N3C=C3[N+](=O)[O-])cc2n1Cc1ccc(-c2ccccc2)c(C(=O)O)c1. The predicted molar refractivity (Wildman–Crippen MR) is 149 cm³/mol. The minimum Gasteiger partial charge on any atom is -0.478 e. The monoisotopic (exact) mass is 526 g/mol. The Kier molecular flexibility index (Phi) is 6.80. The van der Waals surface area contributed by atoms with Crippen LogP contribution in [0.3, 0.4) is 0 Å². The Morgan fingerprint density at radius 1 is 1.10 bits per heavy atom. The molecule has 1 aliphatic heterocycles. The number of hydrazine groups is 2. The summed E-state index contributed by atoms with van der Waals surface area (Å²) in [7, 11) is 3.65. The van der Waals surface area contributed by atoms with Crippen molar-refractivity contribution in [1.82, 2.24) is 19.6 Å². The van der Waals surface area contributed by atoms with Crippen molar-refractivity contribution in [2.24, 2.45) is 0 Å². The number of fused-ring (bicyclic) bond motifs is 1. The summed E-state index contributed by atoms with van der Waals surface area (Å²) in [5.74, 6) is -0.0577. The number of carbonyl (C=O) groups is 1. The van der Waals surface area contributed by atoms with Gasteiger partial charge in [0.1, 0.15) is 5.82 Å². The van der Waals surface area contributed by atoms with Gasteiger partial charge in [0.2, 0.25) is 6.20 Å². The number of aryl methyl sites for hydroxylation is 2. The average Bonchev–Trinajstić information content (AvgIpc) is 3.61. The van der Waals surface area contributed by atoms with E-state index in [2.05, 4.69) is 11.5 Å². The molecule has 1 aliphatic rings. The maximum atomic E-state index is 12.2. The summed E-state index contributed by atoms with van der Waals surface area (Å²) in [6, 6.07) is 19.0. The molecule has 0 saturated carbocycles. The van der Waals surface area contributed by atoms with Crippen molar-refractivity contribution in [3.63, 3.8) is 0 Å². The lowest BCUT2D eigenvalue weighted by Crippen LogP contribution is -2.42. The first-order chi connectivity index (χ1) is 18.7. The molecule has 0 unspecified atom stereocenters. The predicted octanol–water partition coefficient (Wildman–Crippen LogP) is 5.30. The molecule has 0 atom stereocenters. The second-order valence-electron chi connectivity index (χ2n) is 9.77. The van der Waals surface area contributed by atoms with Gasteiger partial charge in [-0.3, -0.25) is 0 Å². The van der Waals surface area contributed by atoms with E-state index in [0.717, 1.165) is 52.1 Å². The number of carboxylic acids is 1. The minimum atomic E-state index is -0.979. The molecule has 5 rings (SSSR count). The lowest BCUT2D eigenvalue weighted by Gasteiger charge is -2.27. The number of rotatable bonds is 10. The van der Waals surface area contributed by atoms with Crippen LogP contribution in [0.4, 0.5) is 5.69 Å². The minimum absolute atomic E-state index is 0.0151. The number of benzene rings is 3. The van der Waals surface area contributed by atoms with Crippen LogP contribution in [0.1, 0.15) is 40.7 Å². The molecule has 0 amide bonds. The summed E-state index contributed by atoms with van der Waals surface area (Å²) < 4.78 is 2.12. The highest BCUT2D eigenvalue weighted by Crippen LogP contribution is 2.34. The second-order valence-corrected chi connectivity index (χ2v) is 9.77. The van der Waals surface area contributed by atoms with Gasteiger partial charge in [-0.15, -0.1) is 5.12 Å². The van der Waals surface area contributed by atoms with Crippen LogP contribution in [0.15, 0.2) is 72.7 Å². The van der Waals surface area contributed by atoms with Crippen molar-refractivity contribution in [3.8, 4) is 11.1 Å². The van der Waals surface area contributed by atoms with Crippen LogP contribution in [-0.2, 0) is 13.0 Å². The number of anilines is 1. The largest absolute Gasteiger partial charge is 0.478 e. The van der Waals surface area contributed by atoms with E-state index >= 15 is 0 Å². The van der Waals surface area contributed by atoms with Gasteiger partial charge in [-0.25, -0.2) is 9.78 Å². The lowest BCUT2D eigenvalue weighted by molar-refractivity contribution is -0.429. The van der Waals surface area contributed by atoms with Gasteiger partial charge in [-0.2, -0.15) is 5.01 Å². The third-order valence-electron chi connectivity index (χ3n) is 6.73. The highest BCUT2D eigenvalue weighted by molar-refractivity contribution is 5.96. The number of hydrogen-bond donors (Lipinski definition) is 1. The van der Waals surface area contributed by atoms with E-state index in [4.69, 9.17) is 4.98 Å². The van der Waals surface area contributed by atoms with Crippen LogP contribution in [0.2, 0.25) is 0 Å². The highest BCUT2D eigenvalue weighted by Gasteiger charge is 2.43. The molecule has 3 aromatic carbocycles. The maximum Gasteiger partial charge on any atom is 0.390 e. The van der Waals surface area contributed by atoms with Gasteiger partial charge < -0.3 is 19.8 Å². The molecular formula is C29H30N6O4. The summed E-state index contributed by atoms with van der Waals surface area (Å²) in [6.45, 7) is 4.51. The first-order valence-corrected chi connectivity index (χ1v) is 12.7. The van der Waals surface area contributed by atoms with Crippen LogP contribution in [0.25, 0.3) is 22.2 Å². The highest BCUT2D eigenvalue weighted by atomic mass is 16.6. The smallest absolute Gasteiger partial charge is 0.390 e. The Hall–Kier alpha value is -4.70. The van der Waals surface area contributed by atoms with Gasteiger partial charge >= 0.3 is 11.8 Å². The molecule has 0 aliphatic carbocycles. The Morgan fingerprint density at radius 2 is 1.85 bits per heavy atom.